The number of fused-ring (bicyclic) bond motifs is 2. The molecular weight excluding hydrogens is 454 g/mol. The maximum atomic E-state index is 12.9. The van der Waals surface area contributed by atoms with Gasteiger partial charge in [-0.1, -0.05) is 61.9 Å². The lowest BCUT2D eigenvalue weighted by atomic mass is 9.94. The average molecular weight is 496 g/mol. The summed E-state index contributed by atoms with van der Waals surface area (Å²) in [4.78, 5) is 20.1. The zero-order chi connectivity index (χ0) is 25.6. The molecule has 2 atom stereocenters. The highest BCUT2D eigenvalue weighted by Crippen LogP contribution is 2.41. The number of nitrogens with zero attached hydrogens (tertiary/aromatic N) is 3. The number of anilines is 2. The van der Waals surface area contributed by atoms with Crippen molar-refractivity contribution in [1.82, 2.24) is 9.80 Å². The van der Waals surface area contributed by atoms with Crippen LogP contribution in [0.25, 0.3) is 0 Å². The molecule has 1 amide bonds. The molecule has 2 fully saturated rings. The first-order valence-electron chi connectivity index (χ1n) is 14.1. The predicted molar refractivity (Wildman–Crippen MR) is 154 cm³/mol. The van der Waals surface area contributed by atoms with Gasteiger partial charge in [-0.25, -0.2) is 0 Å². The van der Waals surface area contributed by atoms with Crippen LogP contribution >= 0.6 is 0 Å². The van der Waals surface area contributed by atoms with Gasteiger partial charge in [0.1, 0.15) is 0 Å². The Morgan fingerprint density at radius 1 is 0.838 bits per heavy atom. The lowest BCUT2D eigenvalue weighted by Gasteiger charge is -2.44. The minimum absolute atomic E-state index is 0.107. The Balaban J connectivity index is 1.32. The van der Waals surface area contributed by atoms with Crippen LogP contribution in [0, 0.1) is 0 Å². The highest BCUT2D eigenvalue weighted by molar-refractivity contribution is 5.94. The van der Waals surface area contributed by atoms with Crippen LogP contribution < -0.4 is 4.90 Å². The predicted octanol–water partition coefficient (Wildman–Crippen LogP) is 6.93. The minimum atomic E-state index is 0.107. The number of unbranched alkanes of at least 4 members (excludes halogenated alkanes) is 1. The molecule has 4 heteroatoms. The zero-order valence-electron chi connectivity index (χ0n) is 22.4. The van der Waals surface area contributed by atoms with E-state index in [4.69, 9.17) is 0 Å². The minimum Gasteiger partial charge on any atom is -0.342 e. The lowest BCUT2D eigenvalue weighted by Crippen LogP contribution is -2.50. The molecule has 2 bridgehead atoms. The quantitative estimate of drug-likeness (QED) is 0.305. The molecular formula is C33H41N3O. The molecule has 2 saturated heterocycles. The maximum Gasteiger partial charge on any atom is 0.253 e. The number of amides is 1. The molecule has 0 radical (unpaired) electrons. The Morgan fingerprint density at radius 3 is 2.05 bits per heavy atom. The summed E-state index contributed by atoms with van der Waals surface area (Å²) in [5.74, 6) is 0.107. The van der Waals surface area contributed by atoms with E-state index in [1.165, 1.54) is 42.6 Å². The van der Waals surface area contributed by atoms with E-state index in [1.807, 2.05) is 24.1 Å². The van der Waals surface area contributed by atoms with E-state index in [0.717, 1.165) is 37.9 Å². The largest absolute Gasteiger partial charge is 0.342 e. The Bertz CT molecular complexity index is 1120. The van der Waals surface area contributed by atoms with Crippen LogP contribution in [0.4, 0.5) is 11.4 Å². The van der Waals surface area contributed by atoms with Gasteiger partial charge in [0, 0.05) is 55.2 Å². The normalized spacial score (nSPS) is 21.1. The van der Waals surface area contributed by atoms with Crippen molar-refractivity contribution in [3.05, 3.63) is 96.1 Å². The van der Waals surface area contributed by atoms with Gasteiger partial charge in [-0.3, -0.25) is 9.69 Å². The third-order valence-electron chi connectivity index (χ3n) is 8.35. The van der Waals surface area contributed by atoms with Crippen molar-refractivity contribution in [3.8, 4) is 0 Å². The molecule has 0 saturated carbocycles. The lowest BCUT2D eigenvalue weighted by molar-refractivity contribution is 0.0793. The first-order valence-corrected chi connectivity index (χ1v) is 14.1. The molecule has 2 heterocycles. The third-order valence-corrected chi connectivity index (χ3v) is 8.35. The second-order valence-corrected chi connectivity index (χ2v) is 10.8. The maximum absolute atomic E-state index is 12.9. The SMILES string of the molecule is CCCCN(C)C(=O)c1ccc(N(c2ccccc2)C2CC3CCC(C2)N3CCc2ccccc2)cc1. The van der Waals surface area contributed by atoms with Crippen LogP contribution in [0.1, 0.15) is 61.4 Å². The van der Waals surface area contributed by atoms with E-state index in [2.05, 4.69) is 89.5 Å². The molecule has 2 unspecified atom stereocenters. The number of carbonyl (C=O) groups excluding carboxylic acids is 1. The van der Waals surface area contributed by atoms with E-state index in [9.17, 15) is 4.79 Å². The summed E-state index contributed by atoms with van der Waals surface area (Å²) in [5.41, 5.74) is 4.63. The number of hydrogen-bond donors (Lipinski definition) is 0. The van der Waals surface area contributed by atoms with Crippen LogP contribution in [0.3, 0.4) is 0 Å². The molecule has 4 nitrogen and oxygen atoms in total. The van der Waals surface area contributed by atoms with Crippen molar-refractivity contribution in [2.45, 2.75) is 70.0 Å². The van der Waals surface area contributed by atoms with Gasteiger partial charge in [-0.2, -0.15) is 0 Å². The molecule has 3 aromatic carbocycles. The van der Waals surface area contributed by atoms with Crippen molar-refractivity contribution in [3.63, 3.8) is 0 Å². The molecule has 5 rings (SSSR count). The number of piperidine rings is 1. The third kappa shape index (κ3) is 5.91. The van der Waals surface area contributed by atoms with Gasteiger partial charge in [0.2, 0.25) is 0 Å². The number of benzene rings is 3. The summed E-state index contributed by atoms with van der Waals surface area (Å²) in [5, 5.41) is 0. The fraction of sp³-hybridized carbons (Fsp3) is 0.424. The fourth-order valence-corrected chi connectivity index (χ4v) is 6.37. The molecule has 0 N–H and O–H groups in total. The smallest absolute Gasteiger partial charge is 0.253 e. The van der Waals surface area contributed by atoms with Crippen molar-refractivity contribution in [2.24, 2.45) is 0 Å². The van der Waals surface area contributed by atoms with E-state index >= 15 is 0 Å². The van der Waals surface area contributed by atoms with E-state index in [1.54, 1.807) is 0 Å². The van der Waals surface area contributed by atoms with E-state index in [-0.39, 0.29) is 5.91 Å². The highest BCUT2D eigenvalue weighted by atomic mass is 16.2. The molecule has 0 aromatic heterocycles. The number of carbonyl (C=O) groups is 1. The van der Waals surface area contributed by atoms with Crippen molar-refractivity contribution < 1.29 is 4.79 Å². The summed E-state index contributed by atoms with van der Waals surface area (Å²) in [6.07, 6.45) is 8.22. The first kappa shape index (κ1) is 25.5. The molecule has 2 aliphatic rings. The van der Waals surface area contributed by atoms with Crippen LogP contribution in [-0.2, 0) is 6.42 Å². The van der Waals surface area contributed by atoms with Gasteiger partial charge in [0.05, 0.1) is 0 Å². The van der Waals surface area contributed by atoms with Crippen LogP contribution in [0.15, 0.2) is 84.9 Å². The number of hydrogen-bond acceptors (Lipinski definition) is 3. The highest BCUT2D eigenvalue weighted by Gasteiger charge is 2.42. The summed E-state index contributed by atoms with van der Waals surface area (Å²) in [6.45, 7) is 4.11. The van der Waals surface area contributed by atoms with Crippen molar-refractivity contribution >= 4 is 17.3 Å². The zero-order valence-corrected chi connectivity index (χ0v) is 22.4. The standard InChI is InChI=1S/C33H41N3O/c1-3-4-22-34(2)33(37)27-15-17-29(18-16-27)36(28-13-9-6-10-14-28)32-24-30-19-20-31(25-32)35(30)23-21-26-11-7-5-8-12-26/h5-18,30-32H,3-4,19-25H2,1-2H3. The van der Waals surface area contributed by atoms with Gasteiger partial charge in [-0.05, 0) is 80.5 Å². The molecule has 37 heavy (non-hydrogen) atoms. The number of rotatable bonds is 10. The summed E-state index contributed by atoms with van der Waals surface area (Å²) < 4.78 is 0. The first-order chi connectivity index (χ1) is 18.1. The Labute approximate surface area is 222 Å². The monoisotopic (exact) mass is 495 g/mol. The van der Waals surface area contributed by atoms with E-state index in [0.29, 0.717) is 18.1 Å². The van der Waals surface area contributed by atoms with Crippen LogP contribution in [0.2, 0.25) is 0 Å². The molecule has 0 spiro atoms. The van der Waals surface area contributed by atoms with Crippen LogP contribution in [0.5, 0.6) is 0 Å². The molecule has 2 aliphatic heterocycles. The van der Waals surface area contributed by atoms with Gasteiger partial charge in [0.25, 0.3) is 5.91 Å². The Morgan fingerprint density at radius 2 is 1.43 bits per heavy atom. The van der Waals surface area contributed by atoms with Crippen molar-refractivity contribution in [1.29, 1.82) is 0 Å². The van der Waals surface area contributed by atoms with E-state index < -0.39 is 0 Å². The summed E-state index contributed by atoms with van der Waals surface area (Å²) in [7, 11) is 1.91. The van der Waals surface area contributed by atoms with Crippen LogP contribution in [-0.4, -0.2) is 54.0 Å². The average Bonchev–Trinajstić information content (AvgIpc) is 3.18. The Hall–Kier alpha value is -3.11. The Kier molecular flexibility index (Phi) is 8.25. The second kappa shape index (κ2) is 12.0. The molecule has 194 valence electrons. The fourth-order valence-electron chi connectivity index (χ4n) is 6.37. The molecule has 3 aromatic rings. The van der Waals surface area contributed by atoms with Gasteiger partial charge in [-0.15, -0.1) is 0 Å². The number of para-hydroxylation sites is 1. The molecule has 0 aliphatic carbocycles. The van der Waals surface area contributed by atoms with Crippen molar-refractivity contribution in [2.75, 3.05) is 25.0 Å². The van der Waals surface area contributed by atoms with Gasteiger partial charge in [0.15, 0.2) is 0 Å². The van der Waals surface area contributed by atoms with Gasteiger partial charge >= 0.3 is 0 Å². The van der Waals surface area contributed by atoms with Gasteiger partial charge < -0.3 is 9.80 Å². The summed E-state index contributed by atoms with van der Waals surface area (Å²) >= 11 is 0. The topological polar surface area (TPSA) is 26.8 Å². The second-order valence-electron chi connectivity index (χ2n) is 10.8. The summed E-state index contributed by atoms with van der Waals surface area (Å²) in [6, 6.07) is 31.8.